The van der Waals surface area contributed by atoms with Gasteiger partial charge in [0.25, 0.3) is 0 Å². The highest BCUT2D eigenvalue weighted by atomic mass is 32.1. The second kappa shape index (κ2) is 6.76. The monoisotopic (exact) mass is 348 g/mol. The fraction of sp³-hybridized carbons (Fsp3) is 0.348. The van der Waals surface area contributed by atoms with Crippen molar-refractivity contribution in [3.8, 4) is 16.8 Å². The smallest absolute Gasteiger partial charge is 0.153 e. The van der Waals surface area contributed by atoms with E-state index in [0.29, 0.717) is 0 Å². The zero-order chi connectivity index (χ0) is 17.4. The summed E-state index contributed by atoms with van der Waals surface area (Å²) in [6, 6.07) is 13.7. The van der Waals surface area contributed by atoms with Crippen molar-refractivity contribution in [1.29, 1.82) is 0 Å². The van der Waals surface area contributed by atoms with Crippen LogP contribution in [0.25, 0.3) is 16.8 Å². The zero-order valence-corrected chi connectivity index (χ0v) is 16.2. The fourth-order valence-electron chi connectivity index (χ4n) is 4.14. The van der Waals surface area contributed by atoms with Crippen LogP contribution in [-0.2, 0) is 19.3 Å². The highest BCUT2D eigenvalue weighted by Gasteiger charge is 2.28. The molecule has 128 valence electrons. The van der Waals surface area contributed by atoms with Crippen molar-refractivity contribution in [2.75, 3.05) is 0 Å². The van der Waals surface area contributed by atoms with Gasteiger partial charge >= 0.3 is 0 Å². The number of thiazole rings is 1. The number of benzene rings is 2. The van der Waals surface area contributed by atoms with Crippen molar-refractivity contribution in [3.05, 3.63) is 69.2 Å². The van der Waals surface area contributed by atoms with Gasteiger partial charge in [-0.25, -0.2) is 0 Å². The molecule has 2 aromatic carbocycles. The van der Waals surface area contributed by atoms with Crippen LogP contribution in [0, 0.1) is 13.8 Å². The maximum absolute atomic E-state index is 2.50. The van der Waals surface area contributed by atoms with E-state index in [1.165, 1.54) is 59.2 Å². The number of fused-ring (bicyclic) bond motifs is 1. The molecule has 1 heterocycles. The molecule has 0 fully saturated rings. The van der Waals surface area contributed by atoms with Gasteiger partial charge in [-0.3, -0.25) is 0 Å². The number of para-hydroxylation sites is 1. The average molecular weight is 349 g/mol. The SMILES string of the molecule is CCc1cccc(-c2cc(C)cc(C)c2)c1-[n+]1csc2c1CCCC2. The summed E-state index contributed by atoms with van der Waals surface area (Å²) in [6.45, 7) is 6.66. The minimum Gasteiger partial charge on any atom is -0.153 e. The molecule has 0 atom stereocenters. The van der Waals surface area contributed by atoms with E-state index in [2.05, 4.69) is 67.2 Å². The molecule has 0 radical (unpaired) electrons. The van der Waals surface area contributed by atoms with Gasteiger partial charge in [-0.2, -0.15) is 4.57 Å². The Kier molecular flexibility index (Phi) is 4.47. The molecule has 0 unspecified atom stereocenters. The molecular formula is C23H26NS+. The Morgan fingerprint density at radius 3 is 2.52 bits per heavy atom. The molecule has 3 aromatic rings. The summed E-state index contributed by atoms with van der Waals surface area (Å²) >= 11 is 1.94. The van der Waals surface area contributed by atoms with Gasteiger partial charge in [0.2, 0.25) is 16.9 Å². The van der Waals surface area contributed by atoms with Crippen LogP contribution < -0.4 is 4.57 Å². The minimum atomic E-state index is 1.06. The molecule has 0 amide bonds. The van der Waals surface area contributed by atoms with Gasteiger partial charge in [0, 0.05) is 12.0 Å². The molecular weight excluding hydrogens is 322 g/mol. The van der Waals surface area contributed by atoms with Gasteiger partial charge in [-0.1, -0.05) is 59.7 Å². The molecule has 1 nitrogen and oxygen atoms in total. The van der Waals surface area contributed by atoms with E-state index in [9.17, 15) is 0 Å². The first kappa shape index (κ1) is 16.5. The lowest BCUT2D eigenvalue weighted by Crippen LogP contribution is -2.36. The summed E-state index contributed by atoms with van der Waals surface area (Å²) < 4.78 is 2.50. The Morgan fingerprint density at radius 1 is 1.00 bits per heavy atom. The number of aryl methyl sites for hydroxylation is 4. The Labute approximate surface area is 155 Å². The summed E-state index contributed by atoms with van der Waals surface area (Å²) in [7, 11) is 0. The van der Waals surface area contributed by atoms with Crippen molar-refractivity contribution in [2.45, 2.75) is 52.9 Å². The maximum atomic E-state index is 2.50. The summed E-state index contributed by atoms with van der Waals surface area (Å²) in [6.07, 6.45) is 6.18. The van der Waals surface area contributed by atoms with Crippen LogP contribution in [-0.4, -0.2) is 0 Å². The maximum Gasteiger partial charge on any atom is 0.231 e. The Morgan fingerprint density at radius 2 is 1.76 bits per heavy atom. The van der Waals surface area contributed by atoms with Gasteiger partial charge < -0.3 is 0 Å². The standard InChI is InChI=1S/C23H26NS/c1-4-18-8-7-9-20(19-13-16(2)12-17(3)14-19)23(18)24-15-25-22-11-6-5-10-21(22)24/h7-9,12-15H,4-6,10-11H2,1-3H3/q+1. The number of hydrogen-bond acceptors (Lipinski definition) is 1. The van der Waals surface area contributed by atoms with Gasteiger partial charge in [0.15, 0.2) is 0 Å². The van der Waals surface area contributed by atoms with E-state index in [1.54, 1.807) is 10.6 Å². The predicted molar refractivity (Wildman–Crippen MR) is 107 cm³/mol. The van der Waals surface area contributed by atoms with E-state index in [0.717, 1.165) is 6.42 Å². The average Bonchev–Trinajstić information content (AvgIpc) is 3.04. The summed E-state index contributed by atoms with van der Waals surface area (Å²) in [5.74, 6) is 0. The molecule has 1 aliphatic carbocycles. The van der Waals surface area contributed by atoms with Crippen LogP contribution in [0.4, 0.5) is 0 Å². The summed E-state index contributed by atoms with van der Waals surface area (Å²) in [5, 5.41) is 0. The lowest BCUT2D eigenvalue weighted by atomic mass is 9.95. The van der Waals surface area contributed by atoms with Crippen molar-refractivity contribution >= 4 is 11.3 Å². The predicted octanol–water partition coefficient (Wildman–Crippen LogP) is 5.75. The second-order valence-electron chi connectivity index (χ2n) is 7.21. The molecule has 0 N–H and O–H groups in total. The largest absolute Gasteiger partial charge is 0.231 e. The van der Waals surface area contributed by atoms with Crippen LogP contribution in [0.15, 0.2) is 41.9 Å². The van der Waals surface area contributed by atoms with Crippen LogP contribution in [0.5, 0.6) is 0 Å². The molecule has 2 heteroatoms. The third kappa shape index (κ3) is 3.04. The first-order chi connectivity index (χ1) is 12.2. The summed E-state index contributed by atoms with van der Waals surface area (Å²) in [5.41, 5.74) is 12.1. The molecule has 0 spiro atoms. The first-order valence-electron chi connectivity index (χ1n) is 9.39. The number of aromatic nitrogens is 1. The molecule has 0 saturated heterocycles. The minimum absolute atomic E-state index is 1.06. The van der Waals surface area contributed by atoms with Crippen LogP contribution in [0.2, 0.25) is 0 Å². The fourth-order valence-corrected chi connectivity index (χ4v) is 5.20. The number of nitrogens with zero attached hydrogens (tertiary/aromatic N) is 1. The Balaban J connectivity index is 1.97. The lowest BCUT2D eigenvalue weighted by Gasteiger charge is -2.13. The van der Waals surface area contributed by atoms with Crippen LogP contribution in [0.1, 0.15) is 47.0 Å². The molecule has 0 saturated carbocycles. The van der Waals surface area contributed by atoms with Crippen molar-refractivity contribution in [3.63, 3.8) is 0 Å². The van der Waals surface area contributed by atoms with Crippen molar-refractivity contribution in [1.82, 2.24) is 0 Å². The Hall–Kier alpha value is -1.93. The normalized spacial score (nSPS) is 13.7. The molecule has 0 bridgehead atoms. The van der Waals surface area contributed by atoms with Crippen molar-refractivity contribution < 1.29 is 4.57 Å². The third-order valence-electron chi connectivity index (χ3n) is 5.25. The zero-order valence-electron chi connectivity index (χ0n) is 15.4. The summed E-state index contributed by atoms with van der Waals surface area (Å²) in [4.78, 5) is 1.59. The van der Waals surface area contributed by atoms with Crippen LogP contribution >= 0.6 is 11.3 Å². The lowest BCUT2D eigenvalue weighted by molar-refractivity contribution is -0.599. The van der Waals surface area contributed by atoms with E-state index >= 15 is 0 Å². The number of rotatable bonds is 3. The van der Waals surface area contributed by atoms with Gasteiger partial charge in [0.05, 0.1) is 10.4 Å². The van der Waals surface area contributed by atoms with Crippen molar-refractivity contribution in [2.24, 2.45) is 0 Å². The highest BCUT2D eigenvalue weighted by molar-refractivity contribution is 7.09. The molecule has 4 rings (SSSR count). The first-order valence-corrected chi connectivity index (χ1v) is 10.3. The highest BCUT2D eigenvalue weighted by Crippen LogP contribution is 2.31. The molecule has 0 aliphatic heterocycles. The molecule has 25 heavy (non-hydrogen) atoms. The Bertz CT molecular complexity index is 900. The van der Waals surface area contributed by atoms with Gasteiger partial charge in [-0.15, -0.1) is 0 Å². The second-order valence-corrected chi connectivity index (χ2v) is 8.15. The van der Waals surface area contributed by atoms with Crippen LogP contribution in [0.3, 0.4) is 0 Å². The van der Waals surface area contributed by atoms with E-state index < -0.39 is 0 Å². The van der Waals surface area contributed by atoms with Gasteiger partial charge in [0.1, 0.15) is 0 Å². The number of hydrogen-bond donors (Lipinski definition) is 0. The van der Waals surface area contributed by atoms with E-state index in [4.69, 9.17) is 0 Å². The van der Waals surface area contributed by atoms with E-state index in [1.807, 2.05) is 11.3 Å². The third-order valence-corrected chi connectivity index (χ3v) is 6.30. The van der Waals surface area contributed by atoms with Gasteiger partial charge in [-0.05, 0) is 51.2 Å². The molecule has 1 aliphatic rings. The quantitative estimate of drug-likeness (QED) is 0.531. The topological polar surface area (TPSA) is 3.88 Å². The molecule has 1 aromatic heterocycles. The van der Waals surface area contributed by atoms with E-state index in [-0.39, 0.29) is 0 Å².